The van der Waals surface area contributed by atoms with E-state index in [0.717, 1.165) is 0 Å². The zero-order valence-corrected chi connectivity index (χ0v) is 23.6. The molecular weight excluding hydrogens is 594 g/mol. The van der Waals surface area contributed by atoms with Gasteiger partial charge >= 0.3 is 10.3 Å². The number of phenols is 2. The molecule has 0 spiro atoms. The van der Waals surface area contributed by atoms with E-state index in [9.17, 15) is 52.9 Å². The first-order valence-electron chi connectivity index (χ1n) is 13.1. The fourth-order valence-electron chi connectivity index (χ4n) is 6.02. The molecule has 7 N–H and O–H groups in total. The standard InChI is InChI=1S/C27H29NO14S/c1-10-22(31)13(28-43(37,38)39)6-17(41-10)42-15-8-27(36,16(30)9-29)7-12-19(15)26(35)21-20(24(12)33)23(32)11-4-3-5-14(40-2)18(11)25(21)34/h3-5,10,13,15,17,22,28-29,31,33,35-36H,6-9H2,1-2H3,(H,37,38,39)/t10?,13?,15-,17?,22?,27-/m0/s1. The number of hydrogen-bond donors (Lipinski definition) is 7. The minimum atomic E-state index is -4.77. The summed E-state index contributed by atoms with van der Waals surface area (Å²) in [4.78, 5) is 39.9. The first-order valence-corrected chi connectivity index (χ1v) is 14.5. The number of ketones is 3. The van der Waals surface area contributed by atoms with Gasteiger partial charge in [-0.1, -0.05) is 12.1 Å². The Bertz CT molecular complexity index is 1640. The van der Waals surface area contributed by atoms with E-state index < -0.39 is 112 Å². The maximum atomic E-state index is 13.7. The van der Waals surface area contributed by atoms with E-state index in [1.165, 1.54) is 32.2 Å². The molecule has 5 rings (SSSR count). The number of fused-ring (bicyclic) bond motifs is 3. The van der Waals surface area contributed by atoms with E-state index in [1.807, 2.05) is 4.72 Å². The number of aliphatic hydroxyl groups excluding tert-OH is 2. The topological polar surface area (TPSA) is 246 Å². The van der Waals surface area contributed by atoms with Crippen LogP contribution in [0.2, 0.25) is 0 Å². The highest BCUT2D eigenvalue weighted by atomic mass is 32.2. The second kappa shape index (κ2) is 10.9. The van der Waals surface area contributed by atoms with Crippen molar-refractivity contribution in [3.8, 4) is 17.2 Å². The van der Waals surface area contributed by atoms with Crippen LogP contribution < -0.4 is 9.46 Å². The van der Waals surface area contributed by atoms with Crippen molar-refractivity contribution in [3.05, 3.63) is 51.6 Å². The lowest BCUT2D eigenvalue weighted by Gasteiger charge is -2.42. The van der Waals surface area contributed by atoms with Gasteiger partial charge < -0.3 is 39.7 Å². The minimum Gasteiger partial charge on any atom is -0.507 e. The Hall–Kier alpha value is -3.48. The Morgan fingerprint density at radius 2 is 1.81 bits per heavy atom. The zero-order valence-electron chi connectivity index (χ0n) is 22.8. The number of aliphatic hydroxyl groups is 3. The van der Waals surface area contributed by atoms with Crippen LogP contribution >= 0.6 is 0 Å². The summed E-state index contributed by atoms with van der Waals surface area (Å²) in [5.74, 6) is -4.30. The van der Waals surface area contributed by atoms with Gasteiger partial charge in [-0.25, -0.2) is 0 Å². The van der Waals surface area contributed by atoms with E-state index in [-0.39, 0.29) is 28.0 Å². The molecule has 0 bridgehead atoms. The summed E-state index contributed by atoms with van der Waals surface area (Å²) in [5.41, 5.74) is -4.34. The van der Waals surface area contributed by atoms with Crippen molar-refractivity contribution >= 4 is 27.7 Å². The average molecular weight is 624 g/mol. The Labute approximate surface area is 244 Å². The highest BCUT2D eigenvalue weighted by molar-refractivity contribution is 7.83. The Morgan fingerprint density at radius 1 is 1.14 bits per heavy atom. The third-order valence-corrected chi connectivity index (χ3v) is 8.66. The van der Waals surface area contributed by atoms with Crippen LogP contribution in [-0.4, -0.2) is 99.7 Å². The number of aromatic hydroxyl groups is 2. The van der Waals surface area contributed by atoms with Gasteiger partial charge in [-0.3, -0.25) is 18.9 Å². The van der Waals surface area contributed by atoms with E-state index in [4.69, 9.17) is 14.2 Å². The van der Waals surface area contributed by atoms with Crippen molar-refractivity contribution in [1.29, 1.82) is 0 Å². The van der Waals surface area contributed by atoms with Gasteiger partial charge in [-0.2, -0.15) is 13.1 Å². The number of rotatable bonds is 7. The molecule has 1 aliphatic heterocycles. The fourth-order valence-corrected chi connectivity index (χ4v) is 6.64. The van der Waals surface area contributed by atoms with Crippen LogP contribution in [0.1, 0.15) is 68.8 Å². The number of carbonyl (C=O) groups is 3. The largest absolute Gasteiger partial charge is 0.507 e. The van der Waals surface area contributed by atoms with Crippen molar-refractivity contribution in [1.82, 2.24) is 4.72 Å². The van der Waals surface area contributed by atoms with Crippen LogP contribution in [0.5, 0.6) is 17.2 Å². The number of benzene rings is 2. The molecule has 3 aliphatic rings. The maximum Gasteiger partial charge on any atom is 0.333 e. The molecule has 43 heavy (non-hydrogen) atoms. The van der Waals surface area contributed by atoms with Crippen molar-refractivity contribution in [2.24, 2.45) is 0 Å². The quantitative estimate of drug-likeness (QED) is 0.129. The van der Waals surface area contributed by atoms with Crippen molar-refractivity contribution in [2.75, 3.05) is 13.7 Å². The van der Waals surface area contributed by atoms with Gasteiger partial charge in [-0.15, -0.1) is 0 Å². The van der Waals surface area contributed by atoms with Gasteiger partial charge in [0.25, 0.3) is 0 Å². The lowest BCUT2D eigenvalue weighted by Crippen LogP contribution is -2.55. The summed E-state index contributed by atoms with van der Waals surface area (Å²) in [6.07, 6.45) is -7.11. The molecule has 2 aliphatic carbocycles. The van der Waals surface area contributed by atoms with Crippen LogP contribution in [-0.2, 0) is 31.0 Å². The number of Topliss-reactive ketones (excluding diaryl/α,β-unsaturated/α-hetero) is 1. The summed E-state index contributed by atoms with van der Waals surface area (Å²) in [7, 11) is -3.49. The lowest BCUT2D eigenvalue weighted by atomic mass is 9.72. The molecule has 1 heterocycles. The molecule has 232 valence electrons. The van der Waals surface area contributed by atoms with E-state index in [0.29, 0.717) is 0 Å². The summed E-state index contributed by atoms with van der Waals surface area (Å²) < 4.78 is 50.8. The van der Waals surface area contributed by atoms with E-state index in [2.05, 4.69) is 0 Å². The first-order chi connectivity index (χ1) is 20.1. The van der Waals surface area contributed by atoms with Gasteiger partial charge in [0.15, 0.2) is 17.9 Å². The molecule has 2 aromatic rings. The lowest BCUT2D eigenvalue weighted by molar-refractivity contribution is -0.248. The van der Waals surface area contributed by atoms with Crippen LogP contribution in [0.15, 0.2) is 18.2 Å². The number of methoxy groups -OCH3 is 1. The SMILES string of the molecule is COc1cccc2c1C(=O)c1c(O)c3c(c(O)c1C2=O)C[C@@](O)(C(=O)CO)C[C@@H]3OC1CC(NS(=O)(=O)O)C(O)C(C)O1. The maximum absolute atomic E-state index is 13.7. The van der Waals surface area contributed by atoms with Gasteiger partial charge in [0, 0.05) is 36.0 Å². The van der Waals surface area contributed by atoms with Gasteiger partial charge in [0.1, 0.15) is 29.5 Å². The molecule has 2 aromatic carbocycles. The van der Waals surface area contributed by atoms with Crippen molar-refractivity contribution < 1.29 is 67.1 Å². The Balaban J connectivity index is 1.65. The molecule has 0 saturated carbocycles. The van der Waals surface area contributed by atoms with Gasteiger partial charge in [0.2, 0.25) is 5.78 Å². The molecule has 0 aromatic heterocycles. The normalized spacial score (nSPS) is 28.6. The van der Waals surface area contributed by atoms with Crippen LogP contribution in [0, 0.1) is 0 Å². The summed E-state index contributed by atoms with van der Waals surface area (Å²) in [6.45, 7) is 0.276. The first kappa shape index (κ1) is 31.0. The number of carbonyl (C=O) groups excluding carboxylic acids is 3. The predicted molar refractivity (Wildman–Crippen MR) is 142 cm³/mol. The average Bonchev–Trinajstić information content (AvgIpc) is 2.94. The minimum absolute atomic E-state index is 0.0364. The summed E-state index contributed by atoms with van der Waals surface area (Å²) in [5, 5.41) is 54.1. The Kier molecular flexibility index (Phi) is 7.85. The third-order valence-electron chi connectivity index (χ3n) is 8.06. The van der Waals surface area contributed by atoms with Crippen LogP contribution in [0.3, 0.4) is 0 Å². The molecule has 15 nitrogen and oxygen atoms in total. The molecule has 4 unspecified atom stereocenters. The van der Waals surface area contributed by atoms with Gasteiger partial charge in [0.05, 0.1) is 48.2 Å². The second-order valence-corrected chi connectivity index (χ2v) is 11.9. The third kappa shape index (κ3) is 5.19. The highest BCUT2D eigenvalue weighted by Crippen LogP contribution is 2.52. The van der Waals surface area contributed by atoms with Crippen molar-refractivity contribution in [3.63, 3.8) is 0 Å². The predicted octanol–water partition coefficient (Wildman–Crippen LogP) is -0.565. The summed E-state index contributed by atoms with van der Waals surface area (Å²) >= 11 is 0. The monoisotopic (exact) mass is 623 g/mol. The fraction of sp³-hybridized carbons (Fsp3) is 0.444. The number of ether oxygens (including phenoxy) is 3. The van der Waals surface area contributed by atoms with Gasteiger partial charge in [-0.05, 0) is 13.0 Å². The number of phenolic OH excluding ortho intramolecular Hbond substituents is 2. The summed E-state index contributed by atoms with van der Waals surface area (Å²) in [6, 6.07) is 2.92. The number of nitrogens with one attached hydrogen (secondary N) is 1. The molecule has 0 radical (unpaired) electrons. The molecule has 16 heteroatoms. The molecule has 0 amide bonds. The Morgan fingerprint density at radius 3 is 2.44 bits per heavy atom. The van der Waals surface area contributed by atoms with Crippen LogP contribution in [0.4, 0.5) is 0 Å². The van der Waals surface area contributed by atoms with Crippen molar-refractivity contribution in [2.45, 2.75) is 62.4 Å². The van der Waals surface area contributed by atoms with E-state index >= 15 is 0 Å². The zero-order chi connectivity index (χ0) is 31.6. The number of hydrogen-bond acceptors (Lipinski definition) is 13. The highest BCUT2D eigenvalue weighted by Gasteiger charge is 2.50. The molecule has 1 fully saturated rings. The smallest absolute Gasteiger partial charge is 0.333 e. The van der Waals surface area contributed by atoms with Crippen LogP contribution in [0.25, 0.3) is 0 Å². The van der Waals surface area contributed by atoms with E-state index in [1.54, 1.807) is 0 Å². The molecule has 6 atom stereocenters. The second-order valence-electron chi connectivity index (χ2n) is 10.7. The molecular formula is C27H29NO14S. The molecule has 1 saturated heterocycles.